The molecule has 164 valence electrons. The Morgan fingerprint density at radius 1 is 1.17 bits per heavy atom. The van der Waals surface area contributed by atoms with Crippen molar-refractivity contribution in [3.8, 4) is 0 Å². The molecule has 1 fully saturated rings. The molecule has 11 heteroatoms. The molecule has 4 heterocycles. The number of amides is 1. The van der Waals surface area contributed by atoms with Gasteiger partial charge in [-0.05, 0) is 26.7 Å². The third kappa shape index (κ3) is 4.13. The molecule has 0 spiro atoms. The maximum absolute atomic E-state index is 12.6. The van der Waals surface area contributed by atoms with Crippen LogP contribution in [0.5, 0.6) is 0 Å². The number of imidazole rings is 1. The summed E-state index contributed by atoms with van der Waals surface area (Å²) in [7, 11) is -3.21. The van der Waals surface area contributed by atoms with Gasteiger partial charge in [-0.3, -0.25) is 4.79 Å². The number of carbonyl (C=O) groups excluding carboxylic acids is 1. The molecular formula is C19H29N7O3S. The highest BCUT2D eigenvalue weighted by molar-refractivity contribution is 7.89. The number of fused-ring (bicyclic) bond motifs is 1. The number of sulfonamides is 1. The zero-order valence-electron chi connectivity index (χ0n) is 17.5. The molecule has 10 nitrogen and oxygen atoms in total. The molecule has 0 N–H and O–H groups in total. The number of piperidine rings is 1. The van der Waals surface area contributed by atoms with E-state index >= 15 is 0 Å². The minimum Gasteiger partial charge on any atom is -0.337 e. The first-order chi connectivity index (χ1) is 14.4. The first kappa shape index (κ1) is 21.0. The fourth-order valence-corrected chi connectivity index (χ4v) is 5.48. The summed E-state index contributed by atoms with van der Waals surface area (Å²) in [5.41, 5.74) is 0. The minimum atomic E-state index is -3.21. The summed E-state index contributed by atoms with van der Waals surface area (Å²) in [6, 6.07) is 0. The average molecular weight is 436 g/mol. The summed E-state index contributed by atoms with van der Waals surface area (Å²) in [5.74, 6) is 2.04. The zero-order valence-corrected chi connectivity index (χ0v) is 18.3. The number of nitrogens with zero attached hydrogens (tertiary/aromatic N) is 7. The van der Waals surface area contributed by atoms with Crippen molar-refractivity contribution in [2.45, 2.75) is 63.9 Å². The summed E-state index contributed by atoms with van der Waals surface area (Å²) >= 11 is 0. The van der Waals surface area contributed by atoms with Crippen molar-refractivity contribution in [1.82, 2.24) is 33.5 Å². The molecule has 0 saturated carbocycles. The van der Waals surface area contributed by atoms with Gasteiger partial charge in [0, 0.05) is 57.5 Å². The largest absolute Gasteiger partial charge is 0.337 e. The molecule has 0 aromatic carbocycles. The number of aryl methyl sites for hydroxylation is 1. The smallest absolute Gasteiger partial charge is 0.224 e. The lowest BCUT2D eigenvalue weighted by atomic mass is 9.97. The van der Waals surface area contributed by atoms with Gasteiger partial charge in [0.2, 0.25) is 15.9 Å². The monoisotopic (exact) mass is 435 g/mol. The van der Waals surface area contributed by atoms with Crippen molar-refractivity contribution in [3.63, 3.8) is 0 Å². The van der Waals surface area contributed by atoms with Crippen LogP contribution >= 0.6 is 0 Å². The minimum absolute atomic E-state index is 0.103. The Morgan fingerprint density at radius 3 is 2.60 bits per heavy atom. The topological polar surface area (TPSA) is 106 Å². The third-order valence-corrected chi connectivity index (χ3v) is 8.33. The summed E-state index contributed by atoms with van der Waals surface area (Å²) in [4.78, 5) is 18.4. The van der Waals surface area contributed by atoms with Crippen LogP contribution in [-0.2, 0) is 34.5 Å². The predicted octanol–water partition coefficient (Wildman–Crippen LogP) is 0.825. The maximum atomic E-state index is 12.6. The first-order valence-electron chi connectivity index (χ1n) is 10.5. The standard InChI is InChI=1S/C19H29N7O3S/c1-15(2)30(28,29)25-8-3-16(4-9-25)19-22-21-17-13-24(11-12-26(17)19)18(27)5-7-23-10-6-20-14-23/h6,10,14-16H,3-5,7-9,11-13H2,1-2H3. The Hall–Kier alpha value is -2.27. The van der Waals surface area contributed by atoms with E-state index in [9.17, 15) is 13.2 Å². The van der Waals surface area contributed by atoms with E-state index < -0.39 is 15.3 Å². The second kappa shape index (κ2) is 8.46. The normalized spacial score (nSPS) is 18.7. The van der Waals surface area contributed by atoms with Gasteiger partial charge in [0.05, 0.1) is 18.1 Å². The van der Waals surface area contributed by atoms with E-state index in [4.69, 9.17) is 0 Å². The Morgan fingerprint density at radius 2 is 1.93 bits per heavy atom. The van der Waals surface area contributed by atoms with Crippen molar-refractivity contribution in [1.29, 1.82) is 0 Å². The molecule has 30 heavy (non-hydrogen) atoms. The quantitative estimate of drug-likeness (QED) is 0.665. The highest BCUT2D eigenvalue weighted by Gasteiger charge is 2.34. The van der Waals surface area contributed by atoms with Crippen LogP contribution in [0.15, 0.2) is 18.7 Å². The van der Waals surface area contributed by atoms with Gasteiger partial charge in [0.1, 0.15) is 5.82 Å². The lowest BCUT2D eigenvalue weighted by molar-refractivity contribution is -0.133. The van der Waals surface area contributed by atoms with Crippen LogP contribution in [0.2, 0.25) is 0 Å². The Balaban J connectivity index is 1.35. The van der Waals surface area contributed by atoms with Gasteiger partial charge in [-0.15, -0.1) is 10.2 Å². The van der Waals surface area contributed by atoms with E-state index in [0.29, 0.717) is 45.7 Å². The van der Waals surface area contributed by atoms with Crippen molar-refractivity contribution in [2.75, 3.05) is 19.6 Å². The third-order valence-electron chi connectivity index (χ3n) is 6.05. The summed E-state index contributed by atoms with van der Waals surface area (Å²) in [6.07, 6.45) is 7.20. The Bertz CT molecular complexity index is 976. The number of carbonyl (C=O) groups is 1. The lowest BCUT2D eigenvalue weighted by Crippen LogP contribution is -2.42. The average Bonchev–Trinajstić information content (AvgIpc) is 3.41. The van der Waals surface area contributed by atoms with Gasteiger partial charge in [-0.1, -0.05) is 0 Å². The zero-order chi connectivity index (χ0) is 21.3. The first-order valence-corrected chi connectivity index (χ1v) is 12.0. The molecule has 4 rings (SSSR count). The van der Waals surface area contributed by atoms with Crippen molar-refractivity contribution < 1.29 is 13.2 Å². The van der Waals surface area contributed by atoms with E-state index in [1.54, 1.807) is 30.7 Å². The molecule has 0 atom stereocenters. The molecule has 2 aromatic rings. The highest BCUT2D eigenvalue weighted by atomic mass is 32.2. The molecule has 2 aromatic heterocycles. The lowest BCUT2D eigenvalue weighted by Gasteiger charge is -2.33. The number of hydrogen-bond donors (Lipinski definition) is 0. The van der Waals surface area contributed by atoms with Gasteiger partial charge in [-0.25, -0.2) is 17.7 Å². The van der Waals surface area contributed by atoms with E-state index in [-0.39, 0.29) is 11.8 Å². The fraction of sp³-hybridized carbons (Fsp3) is 0.684. The van der Waals surface area contributed by atoms with Crippen LogP contribution in [0.3, 0.4) is 0 Å². The fourth-order valence-electron chi connectivity index (χ4n) is 4.16. The molecule has 0 bridgehead atoms. The van der Waals surface area contributed by atoms with Crippen LogP contribution in [-0.4, -0.2) is 72.7 Å². The molecule has 1 saturated heterocycles. The van der Waals surface area contributed by atoms with Gasteiger partial charge in [0.15, 0.2) is 5.82 Å². The van der Waals surface area contributed by atoms with Crippen LogP contribution in [0.1, 0.15) is 50.7 Å². The van der Waals surface area contributed by atoms with E-state index in [1.807, 2.05) is 15.7 Å². The van der Waals surface area contributed by atoms with Gasteiger partial charge in [-0.2, -0.15) is 0 Å². The van der Waals surface area contributed by atoms with Crippen molar-refractivity contribution in [2.24, 2.45) is 0 Å². The van der Waals surface area contributed by atoms with E-state index in [0.717, 1.165) is 24.5 Å². The van der Waals surface area contributed by atoms with E-state index in [1.165, 1.54) is 0 Å². The second-order valence-electron chi connectivity index (χ2n) is 8.26. The van der Waals surface area contributed by atoms with Crippen LogP contribution in [0.4, 0.5) is 0 Å². The van der Waals surface area contributed by atoms with Crippen molar-refractivity contribution >= 4 is 15.9 Å². The molecule has 2 aliphatic rings. The molecule has 0 aliphatic carbocycles. The van der Waals surface area contributed by atoms with Crippen LogP contribution < -0.4 is 0 Å². The molecule has 0 unspecified atom stereocenters. The highest BCUT2D eigenvalue weighted by Crippen LogP contribution is 2.30. The van der Waals surface area contributed by atoms with Crippen molar-refractivity contribution in [3.05, 3.63) is 30.4 Å². The van der Waals surface area contributed by atoms with Gasteiger partial charge >= 0.3 is 0 Å². The predicted molar refractivity (Wildman–Crippen MR) is 110 cm³/mol. The number of rotatable bonds is 6. The second-order valence-corrected chi connectivity index (χ2v) is 10.7. The van der Waals surface area contributed by atoms with Gasteiger partial charge in [0.25, 0.3) is 0 Å². The number of hydrogen-bond acceptors (Lipinski definition) is 6. The summed E-state index contributed by atoms with van der Waals surface area (Å²) < 4.78 is 30.4. The SMILES string of the molecule is CC(C)S(=O)(=O)N1CCC(c2nnc3n2CCN(C(=O)CCn2ccnc2)C3)CC1. The molecule has 2 aliphatic heterocycles. The van der Waals surface area contributed by atoms with Crippen LogP contribution in [0.25, 0.3) is 0 Å². The maximum Gasteiger partial charge on any atom is 0.224 e. The van der Waals surface area contributed by atoms with Gasteiger partial charge < -0.3 is 14.0 Å². The van der Waals surface area contributed by atoms with Crippen LogP contribution in [0, 0.1) is 0 Å². The summed E-state index contributed by atoms with van der Waals surface area (Å²) in [5, 5.41) is 8.37. The molecule has 0 radical (unpaired) electrons. The molecular weight excluding hydrogens is 406 g/mol. The summed E-state index contributed by atoms with van der Waals surface area (Å²) in [6.45, 7) is 6.89. The Kier molecular flexibility index (Phi) is 5.92. The molecule has 1 amide bonds. The van der Waals surface area contributed by atoms with E-state index in [2.05, 4.69) is 19.7 Å². The Labute approximate surface area is 176 Å². The number of aromatic nitrogens is 5.